The SMILES string of the molecule is NCC1(C(N)c2ccc3oc(=O)[nH]c3c2)COC1. The minimum atomic E-state index is -0.462. The molecule has 1 saturated heterocycles. The van der Waals surface area contributed by atoms with Crippen molar-refractivity contribution >= 4 is 11.1 Å². The molecule has 5 N–H and O–H groups in total. The zero-order valence-corrected chi connectivity index (χ0v) is 9.81. The number of H-pyrrole nitrogens is 1. The second kappa shape index (κ2) is 3.94. The van der Waals surface area contributed by atoms with Crippen LogP contribution in [0.4, 0.5) is 0 Å². The van der Waals surface area contributed by atoms with Gasteiger partial charge in [-0.05, 0) is 17.7 Å². The number of hydrogen-bond acceptors (Lipinski definition) is 5. The smallest absolute Gasteiger partial charge is 0.408 e. The number of benzene rings is 1. The van der Waals surface area contributed by atoms with Gasteiger partial charge in [0.15, 0.2) is 5.58 Å². The predicted octanol–water partition coefficient (Wildman–Crippen LogP) is 0.0962. The molecule has 3 rings (SSSR count). The number of fused-ring (bicyclic) bond motifs is 1. The molecular weight excluding hydrogens is 234 g/mol. The molecule has 2 heterocycles. The van der Waals surface area contributed by atoms with Gasteiger partial charge in [0, 0.05) is 18.0 Å². The van der Waals surface area contributed by atoms with Crippen molar-refractivity contribution in [1.29, 1.82) is 0 Å². The number of aromatic amines is 1. The van der Waals surface area contributed by atoms with Gasteiger partial charge in [-0.15, -0.1) is 0 Å². The van der Waals surface area contributed by atoms with Gasteiger partial charge in [0.05, 0.1) is 18.7 Å². The second-order valence-corrected chi connectivity index (χ2v) is 4.81. The molecule has 0 amide bonds. The van der Waals surface area contributed by atoms with Crippen LogP contribution in [0.5, 0.6) is 0 Å². The molecule has 1 aromatic heterocycles. The Labute approximate surface area is 103 Å². The lowest BCUT2D eigenvalue weighted by molar-refractivity contribution is -0.121. The van der Waals surface area contributed by atoms with Crippen LogP contribution in [0, 0.1) is 5.41 Å². The number of aromatic nitrogens is 1. The Morgan fingerprint density at radius 1 is 1.44 bits per heavy atom. The van der Waals surface area contributed by atoms with E-state index in [-0.39, 0.29) is 11.5 Å². The van der Waals surface area contributed by atoms with Crippen molar-refractivity contribution in [3.8, 4) is 0 Å². The Morgan fingerprint density at radius 2 is 2.22 bits per heavy atom. The van der Waals surface area contributed by atoms with Gasteiger partial charge in [0.1, 0.15) is 0 Å². The molecule has 18 heavy (non-hydrogen) atoms. The third kappa shape index (κ3) is 1.58. The average molecular weight is 249 g/mol. The van der Waals surface area contributed by atoms with Gasteiger partial charge in [-0.25, -0.2) is 4.79 Å². The van der Waals surface area contributed by atoms with Crippen molar-refractivity contribution in [2.75, 3.05) is 19.8 Å². The third-order valence-corrected chi connectivity index (χ3v) is 3.65. The van der Waals surface area contributed by atoms with Crippen molar-refractivity contribution in [3.05, 3.63) is 34.3 Å². The van der Waals surface area contributed by atoms with Crippen LogP contribution in [0.25, 0.3) is 11.1 Å². The Balaban J connectivity index is 2.00. The Kier molecular flexibility index (Phi) is 2.51. The first-order valence-corrected chi connectivity index (χ1v) is 5.81. The molecule has 1 fully saturated rings. The van der Waals surface area contributed by atoms with Crippen molar-refractivity contribution in [1.82, 2.24) is 4.98 Å². The third-order valence-electron chi connectivity index (χ3n) is 3.65. The normalized spacial score (nSPS) is 19.7. The number of nitrogens with two attached hydrogens (primary N) is 2. The standard InChI is InChI=1S/C12H15N3O3/c13-4-12(5-17-6-12)10(14)7-1-2-9-8(3-7)15-11(16)18-9/h1-3,10H,4-6,13-14H2,(H,15,16). The summed E-state index contributed by atoms with van der Waals surface area (Å²) in [6, 6.07) is 5.23. The number of oxazole rings is 1. The molecule has 0 bridgehead atoms. The first kappa shape index (κ1) is 11.5. The van der Waals surface area contributed by atoms with Gasteiger partial charge in [-0.3, -0.25) is 4.98 Å². The van der Waals surface area contributed by atoms with E-state index in [1.807, 2.05) is 12.1 Å². The highest BCUT2D eigenvalue weighted by molar-refractivity contribution is 5.73. The van der Waals surface area contributed by atoms with E-state index < -0.39 is 5.76 Å². The number of ether oxygens (including phenoxy) is 1. The minimum absolute atomic E-state index is 0.197. The van der Waals surface area contributed by atoms with E-state index in [9.17, 15) is 4.79 Å². The quantitative estimate of drug-likeness (QED) is 0.715. The first-order valence-electron chi connectivity index (χ1n) is 5.81. The van der Waals surface area contributed by atoms with Gasteiger partial charge < -0.3 is 20.6 Å². The van der Waals surface area contributed by atoms with Crippen LogP contribution in [-0.2, 0) is 4.74 Å². The van der Waals surface area contributed by atoms with Gasteiger partial charge in [0.25, 0.3) is 0 Å². The fourth-order valence-corrected chi connectivity index (χ4v) is 2.31. The van der Waals surface area contributed by atoms with E-state index in [2.05, 4.69) is 4.98 Å². The topological polar surface area (TPSA) is 107 Å². The molecule has 1 aromatic carbocycles. The Hall–Kier alpha value is -1.63. The Bertz CT molecular complexity index is 621. The number of nitrogens with one attached hydrogen (secondary N) is 1. The van der Waals surface area contributed by atoms with E-state index in [0.717, 1.165) is 5.56 Å². The van der Waals surface area contributed by atoms with Gasteiger partial charge in [-0.2, -0.15) is 0 Å². The zero-order valence-electron chi connectivity index (χ0n) is 9.81. The van der Waals surface area contributed by atoms with E-state index in [1.54, 1.807) is 6.07 Å². The summed E-state index contributed by atoms with van der Waals surface area (Å²) < 4.78 is 10.2. The summed E-state index contributed by atoms with van der Waals surface area (Å²) in [5, 5.41) is 0. The van der Waals surface area contributed by atoms with Gasteiger partial charge >= 0.3 is 5.76 Å². The maximum Gasteiger partial charge on any atom is 0.417 e. The fraction of sp³-hybridized carbons (Fsp3) is 0.417. The molecule has 6 nitrogen and oxygen atoms in total. The summed E-state index contributed by atoms with van der Waals surface area (Å²) in [6.45, 7) is 1.63. The van der Waals surface area contributed by atoms with Crippen molar-refractivity contribution in [3.63, 3.8) is 0 Å². The van der Waals surface area contributed by atoms with E-state index in [4.69, 9.17) is 20.6 Å². The largest absolute Gasteiger partial charge is 0.417 e. The van der Waals surface area contributed by atoms with Crippen LogP contribution < -0.4 is 17.2 Å². The molecule has 1 aliphatic heterocycles. The highest BCUT2D eigenvalue weighted by Gasteiger charge is 2.43. The van der Waals surface area contributed by atoms with Crippen LogP contribution in [0.1, 0.15) is 11.6 Å². The van der Waals surface area contributed by atoms with Crippen molar-refractivity contribution in [2.24, 2.45) is 16.9 Å². The summed E-state index contributed by atoms with van der Waals surface area (Å²) >= 11 is 0. The monoisotopic (exact) mass is 249 g/mol. The molecule has 6 heteroatoms. The Morgan fingerprint density at radius 3 is 2.83 bits per heavy atom. The number of hydrogen-bond donors (Lipinski definition) is 3. The maximum absolute atomic E-state index is 11.1. The lowest BCUT2D eigenvalue weighted by Gasteiger charge is -2.45. The molecule has 0 saturated carbocycles. The first-order chi connectivity index (χ1) is 8.64. The molecule has 0 spiro atoms. The maximum atomic E-state index is 11.1. The van der Waals surface area contributed by atoms with Crippen molar-refractivity contribution < 1.29 is 9.15 Å². The average Bonchev–Trinajstić information content (AvgIpc) is 2.67. The molecule has 1 aliphatic rings. The molecule has 0 radical (unpaired) electrons. The molecule has 96 valence electrons. The molecule has 0 aliphatic carbocycles. The van der Waals surface area contributed by atoms with Gasteiger partial charge in [-0.1, -0.05) is 6.07 Å². The van der Waals surface area contributed by atoms with Crippen LogP contribution in [0.2, 0.25) is 0 Å². The van der Waals surface area contributed by atoms with Crippen molar-refractivity contribution in [2.45, 2.75) is 6.04 Å². The summed E-state index contributed by atoms with van der Waals surface area (Å²) in [6.07, 6.45) is 0. The molecule has 1 atom stereocenters. The highest BCUT2D eigenvalue weighted by atomic mass is 16.5. The van der Waals surface area contributed by atoms with Crippen LogP contribution >= 0.6 is 0 Å². The summed E-state index contributed by atoms with van der Waals surface area (Å²) in [4.78, 5) is 13.7. The fourth-order valence-electron chi connectivity index (χ4n) is 2.31. The predicted molar refractivity (Wildman–Crippen MR) is 66.1 cm³/mol. The van der Waals surface area contributed by atoms with Gasteiger partial charge in [0.2, 0.25) is 0 Å². The summed E-state index contributed by atoms with van der Waals surface area (Å²) in [7, 11) is 0. The van der Waals surface area contributed by atoms with Crippen LogP contribution in [0.15, 0.2) is 27.4 Å². The van der Waals surface area contributed by atoms with E-state index in [0.29, 0.717) is 30.9 Å². The molecule has 2 aromatic rings. The number of rotatable bonds is 3. The van der Waals surface area contributed by atoms with E-state index >= 15 is 0 Å². The lowest BCUT2D eigenvalue weighted by atomic mass is 9.75. The second-order valence-electron chi connectivity index (χ2n) is 4.81. The zero-order chi connectivity index (χ0) is 12.8. The van der Waals surface area contributed by atoms with E-state index in [1.165, 1.54) is 0 Å². The van der Waals surface area contributed by atoms with Crippen LogP contribution in [0.3, 0.4) is 0 Å². The lowest BCUT2D eigenvalue weighted by Crippen LogP contribution is -2.54. The minimum Gasteiger partial charge on any atom is -0.408 e. The summed E-state index contributed by atoms with van der Waals surface area (Å²) in [5.74, 6) is -0.462. The highest BCUT2D eigenvalue weighted by Crippen LogP contribution is 2.38. The van der Waals surface area contributed by atoms with Crippen LogP contribution in [-0.4, -0.2) is 24.7 Å². The molecule has 1 unspecified atom stereocenters. The molecular formula is C12H15N3O3. The summed E-state index contributed by atoms with van der Waals surface area (Å²) in [5.41, 5.74) is 14.0.